The third-order valence-corrected chi connectivity index (χ3v) is 6.10. The van der Waals surface area contributed by atoms with E-state index in [4.69, 9.17) is 0 Å². The van der Waals surface area contributed by atoms with Crippen molar-refractivity contribution < 1.29 is 13.5 Å². The minimum absolute atomic E-state index is 0.260. The van der Waals surface area contributed by atoms with E-state index in [1.165, 1.54) is 6.26 Å². The van der Waals surface area contributed by atoms with Crippen molar-refractivity contribution in [1.82, 2.24) is 0 Å². The summed E-state index contributed by atoms with van der Waals surface area (Å²) in [4.78, 5) is 0.260. The van der Waals surface area contributed by atoms with Crippen LogP contribution in [0.1, 0.15) is 31.4 Å². The van der Waals surface area contributed by atoms with Crippen molar-refractivity contribution in [2.75, 3.05) is 6.26 Å². The van der Waals surface area contributed by atoms with E-state index in [-0.39, 0.29) is 10.3 Å². The SMILES string of the molecule is CC1(C)CC=C(c2ccccc2)C1(O)c1ccc(S(C)(=O)=O)cc1. The molecule has 0 aliphatic heterocycles. The van der Waals surface area contributed by atoms with Crippen LogP contribution in [0.5, 0.6) is 0 Å². The van der Waals surface area contributed by atoms with Crippen LogP contribution in [0.4, 0.5) is 0 Å². The van der Waals surface area contributed by atoms with Crippen molar-refractivity contribution in [3.05, 3.63) is 71.8 Å². The summed E-state index contributed by atoms with van der Waals surface area (Å²) >= 11 is 0. The fourth-order valence-corrected chi connectivity index (χ4v) is 4.08. The molecule has 2 aromatic carbocycles. The van der Waals surface area contributed by atoms with Crippen LogP contribution in [0.25, 0.3) is 5.57 Å². The first-order valence-corrected chi connectivity index (χ1v) is 9.84. The van der Waals surface area contributed by atoms with Gasteiger partial charge < -0.3 is 5.11 Å². The molecule has 0 spiro atoms. The number of hydrogen-bond donors (Lipinski definition) is 1. The fourth-order valence-electron chi connectivity index (χ4n) is 3.45. The first-order chi connectivity index (χ1) is 11.2. The second-order valence-corrected chi connectivity index (χ2v) is 9.09. The summed E-state index contributed by atoms with van der Waals surface area (Å²) in [5, 5.41) is 11.7. The van der Waals surface area contributed by atoms with E-state index in [2.05, 4.69) is 6.08 Å². The molecule has 0 saturated heterocycles. The van der Waals surface area contributed by atoms with Gasteiger partial charge in [-0.15, -0.1) is 0 Å². The topological polar surface area (TPSA) is 54.4 Å². The summed E-state index contributed by atoms with van der Waals surface area (Å²) in [5.41, 5.74) is 1.03. The van der Waals surface area contributed by atoms with E-state index in [1.807, 2.05) is 44.2 Å². The Labute approximate surface area is 143 Å². The molecular weight excluding hydrogens is 320 g/mol. The minimum Gasteiger partial charge on any atom is -0.380 e. The van der Waals surface area contributed by atoms with Gasteiger partial charge in [-0.2, -0.15) is 0 Å². The van der Waals surface area contributed by atoms with E-state index in [9.17, 15) is 13.5 Å². The third kappa shape index (κ3) is 2.60. The zero-order valence-electron chi connectivity index (χ0n) is 14.2. The Balaban J connectivity index is 2.13. The van der Waals surface area contributed by atoms with E-state index in [0.717, 1.165) is 17.6 Å². The van der Waals surface area contributed by atoms with Gasteiger partial charge in [0.25, 0.3) is 0 Å². The van der Waals surface area contributed by atoms with Crippen molar-refractivity contribution in [3.63, 3.8) is 0 Å². The molecule has 1 atom stereocenters. The van der Waals surface area contributed by atoms with Crippen molar-refractivity contribution >= 4 is 15.4 Å². The molecule has 1 aliphatic rings. The lowest BCUT2D eigenvalue weighted by molar-refractivity contribution is -0.00756. The largest absolute Gasteiger partial charge is 0.380 e. The minimum atomic E-state index is -3.25. The number of allylic oxidation sites excluding steroid dienone is 1. The summed E-state index contributed by atoms with van der Waals surface area (Å²) in [6.07, 6.45) is 4.02. The van der Waals surface area contributed by atoms with Gasteiger partial charge in [-0.1, -0.05) is 62.4 Å². The van der Waals surface area contributed by atoms with Crippen molar-refractivity contribution in [2.24, 2.45) is 5.41 Å². The Morgan fingerprint density at radius 1 is 0.958 bits per heavy atom. The molecule has 24 heavy (non-hydrogen) atoms. The van der Waals surface area contributed by atoms with Crippen LogP contribution in [-0.4, -0.2) is 19.8 Å². The molecule has 3 rings (SSSR count). The van der Waals surface area contributed by atoms with Crippen molar-refractivity contribution in [3.8, 4) is 0 Å². The molecule has 4 heteroatoms. The fraction of sp³-hybridized carbons (Fsp3) is 0.300. The highest BCUT2D eigenvalue weighted by molar-refractivity contribution is 7.90. The normalized spacial score (nSPS) is 23.1. The van der Waals surface area contributed by atoms with Gasteiger partial charge in [-0.25, -0.2) is 8.42 Å². The Bertz CT molecular complexity index is 878. The Morgan fingerprint density at radius 3 is 2.08 bits per heavy atom. The van der Waals surface area contributed by atoms with Gasteiger partial charge >= 0.3 is 0 Å². The number of aliphatic hydroxyl groups is 1. The highest BCUT2D eigenvalue weighted by Gasteiger charge is 2.51. The highest BCUT2D eigenvalue weighted by atomic mass is 32.2. The van der Waals surface area contributed by atoms with E-state index < -0.39 is 15.4 Å². The van der Waals surface area contributed by atoms with E-state index >= 15 is 0 Å². The smallest absolute Gasteiger partial charge is 0.175 e. The molecule has 1 aliphatic carbocycles. The van der Waals surface area contributed by atoms with Gasteiger partial charge in [-0.3, -0.25) is 0 Å². The van der Waals surface area contributed by atoms with Gasteiger partial charge in [-0.05, 0) is 35.3 Å². The molecule has 126 valence electrons. The van der Waals surface area contributed by atoms with E-state index in [0.29, 0.717) is 5.56 Å². The quantitative estimate of drug-likeness (QED) is 0.923. The molecule has 2 aromatic rings. The molecule has 0 fully saturated rings. The average molecular weight is 342 g/mol. The van der Waals surface area contributed by atoms with Crippen molar-refractivity contribution in [2.45, 2.75) is 30.8 Å². The standard InChI is InChI=1S/C20H22O3S/c1-19(2)14-13-18(15-7-5-4-6-8-15)20(19,21)16-9-11-17(12-10-16)24(3,22)23/h4-13,21H,14H2,1-3H3. The molecular formula is C20H22O3S. The second-order valence-electron chi connectivity index (χ2n) is 7.08. The predicted molar refractivity (Wildman–Crippen MR) is 96.3 cm³/mol. The lowest BCUT2D eigenvalue weighted by Crippen LogP contribution is -2.39. The van der Waals surface area contributed by atoms with Crippen LogP contribution in [0.15, 0.2) is 65.6 Å². The van der Waals surface area contributed by atoms with Crippen LogP contribution in [0.3, 0.4) is 0 Å². The average Bonchev–Trinajstić information content (AvgIpc) is 2.79. The van der Waals surface area contributed by atoms with Crippen LogP contribution in [0.2, 0.25) is 0 Å². The molecule has 1 N–H and O–H groups in total. The van der Waals surface area contributed by atoms with E-state index in [1.54, 1.807) is 24.3 Å². The third-order valence-electron chi connectivity index (χ3n) is 4.97. The first-order valence-electron chi connectivity index (χ1n) is 7.95. The predicted octanol–water partition coefficient (Wildman–Crippen LogP) is 3.79. The maximum Gasteiger partial charge on any atom is 0.175 e. The second kappa shape index (κ2) is 5.57. The molecule has 0 heterocycles. The molecule has 0 aromatic heterocycles. The lowest BCUT2D eigenvalue weighted by Gasteiger charge is -2.40. The number of rotatable bonds is 3. The number of sulfone groups is 1. The Hall–Kier alpha value is -1.91. The molecule has 0 amide bonds. The van der Waals surface area contributed by atoms with Gasteiger partial charge in [0.15, 0.2) is 9.84 Å². The molecule has 0 saturated carbocycles. The lowest BCUT2D eigenvalue weighted by atomic mass is 9.69. The Kier molecular flexibility index (Phi) is 3.93. The van der Waals surface area contributed by atoms with Gasteiger partial charge in [0.1, 0.15) is 5.60 Å². The zero-order valence-corrected chi connectivity index (χ0v) is 15.0. The molecule has 3 nitrogen and oxygen atoms in total. The zero-order chi connectivity index (χ0) is 17.6. The molecule has 1 unspecified atom stereocenters. The summed E-state index contributed by atoms with van der Waals surface area (Å²) < 4.78 is 23.4. The van der Waals surface area contributed by atoms with Crippen LogP contribution in [0, 0.1) is 5.41 Å². The van der Waals surface area contributed by atoms with Gasteiger partial charge in [0.05, 0.1) is 4.90 Å². The van der Waals surface area contributed by atoms with Crippen LogP contribution < -0.4 is 0 Å². The maximum absolute atomic E-state index is 11.7. The highest BCUT2D eigenvalue weighted by Crippen LogP contribution is 2.55. The van der Waals surface area contributed by atoms with Crippen LogP contribution >= 0.6 is 0 Å². The summed E-state index contributed by atoms with van der Waals surface area (Å²) in [6, 6.07) is 16.4. The monoisotopic (exact) mass is 342 g/mol. The Morgan fingerprint density at radius 2 is 1.54 bits per heavy atom. The summed E-state index contributed by atoms with van der Waals surface area (Å²) in [7, 11) is -3.25. The summed E-state index contributed by atoms with van der Waals surface area (Å²) in [6.45, 7) is 4.06. The van der Waals surface area contributed by atoms with Crippen LogP contribution in [-0.2, 0) is 15.4 Å². The number of hydrogen-bond acceptors (Lipinski definition) is 3. The van der Waals surface area contributed by atoms with Gasteiger partial charge in [0, 0.05) is 11.7 Å². The van der Waals surface area contributed by atoms with Gasteiger partial charge in [0.2, 0.25) is 0 Å². The number of benzene rings is 2. The maximum atomic E-state index is 11.7. The first kappa shape index (κ1) is 16.9. The molecule has 0 bridgehead atoms. The van der Waals surface area contributed by atoms with Crippen molar-refractivity contribution in [1.29, 1.82) is 0 Å². The summed E-state index contributed by atoms with van der Waals surface area (Å²) in [5.74, 6) is 0. The molecule has 0 radical (unpaired) electrons.